The molecular formula is C30H33F2N3O5S. The third-order valence-corrected chi connectivity index (χ3v) is 8.95. The number of nitrogens with one attached hydrogen (secondary N) is 1. The minimum Gasteiger partial charge on any atom is -0.487 e. The molecule has 3 aromatic rings. The number of carbonyl (C=O) groups is 1. The van der Waals surface area contributed by atoms with Crippen molar-refractivity contribution >= 4 is 33.9 Å². The highest BCUT2D eigenvalue weighted by molar-refractivity contribution is 7.89. The molecule has 4 rings (SSSR count). The van der Waals surface area contributed by atoms with Crippen molar-refractivity contribution in [2.24, 2.45) is 5.92 Å². The highest BCUT2D eigenvalue weighted by Gasteiger charge is 2.38. The van der Waals surface area contributed by atoms with Crippen LogP contribution in [0.5, 0.6) is 5.75 Å². The second kappa shape index (κ2) is 12.8. The van der Waals surface area contributed by atoms with Gasteiger partial charge >= 0.3 is 6.03 Å². The number of halogens is 2. The second-order valence-corrected chi connectivity index (χ2v) is 12.0. The van der Waals surface area contributed by atoms with Crippen LogP contribution in [0.25, 0.3) is 12.2 Å². The van der Waals surface area contributed by atoms with Crippen LogP contribution in [-0.4, -0.2) is 67.7 Å². The van der Waals surface area contributed by atoms with Crippen LogP contribution >= 0.6 is 0 Å². The summed E-state index contributed by atoms with van der Waals surface area (Å²) >= 11 is 0. The molecule has 3 aromatic carbocycles. The fourth-order valence-electron chi connectivity index (χ4n) is 4.48. The number of hydrogen-bond donors (Lipinski definition) is 2. The maximum absolute atomic E-state index is 14.1. The Morgan fingerprint density at radius 1 is 1.12 bits per heavy atom. The van der Waals surface area contributed by atoms with E-state index < -0.39 is 45.8 Å². The highest BCUT2D eigenvalue weighted by atomic mass is 32.2. The summed E-state index contributed by atoms with van der Waals surface area (Å²) < 4.78 is 62.6. The van der Waals surface area contributed by atoms with Crippen LogP contribution in [0, 0.1) is 17.6 Å². The molecule has 2 N–H and O–H groups in total. The molecule has 11 heteroatoms. The summed E-state index contributed by atoms with van der Waals surface area (Å²) in [6, 6.07) is 15.7. The van der Waals surface area contributed by atoms with E-state index in [0.717, 1.165) is 23.8 Å². The molecule has 218 valence electrons. The van der Waals surface area contributed by atoms with Gasteiger partial charge in [-0.15, -0.1) is 0 Å². The summed E-state index contributed by atoms with van der Waals surface area (Å²) in [5, 5.41) is 12.2. The maximum atomic E-state index is 14.1. The van der Waals surface area contributed by atoms with E-state index in [-0.39, 0.29) is 36.0 Å². The zero-order valence-corrected chi connectivity index (χ0v) is 23.8. The summed E-state index contributed by atoms with van der Waals surface area (Å²) in [6.45, 7) is 3.06. The van der Waals surface area contributed by atoms with Crippen LogP contribution in [-0.2, 0) is 10.0 Å². The smallest absolute Gasteiger partial charge is 0.321 e. The first kappa shape index (κ1) is 30.2. The van der Waals surface area contributed by atoms with Gasteiger partial charge in [0.15, 0.2) is 0 Å². The monoisotopic (exact) mass is 585 g/mol. The number of ether oxygens (including phenoxy) is 1. The van der Waals surface area contributed by atoms with Crippen molar-refractivity contribution in [1.82, 2.24) is 9.21 Å². The summed E-state index contributed by atoms with van der Waals surface area (Å²) in [5.74, 6) is -1.80. The van der Waals surface area contributed by atoms with Gasteiger partial charge in [-0.05, 0) is 42.3 Å². The van der Waals surface area contributed by atoms with Crippen molar-refractivity contribution < 1.29 is 31.8 Å². The third kappa shape index (κ3) is 7.10. The molecule has 2 amide bonds. The van der Waals surface area contributed by atoms with Crippen molar-refractivity contribution in [3.05, 3.63) is 89.5 Å². The number of benzene rings is 3. The lowest BCUT2D eigenvalue weighted by atomic mass is 10.0. The first-order chi connectivity index (χ1) is 19.5. The number of nitrogens with zero attached hydrogens (tertiary/aromatic N) is 2. The van der Waals surface area contributed by atoms with E-state index in [1.165, 1.54) is 22.3 Å². The van der Waals surface area contributed by atoms with Crippen molar-refractivity contribution in [1.29, 1.82) is 0 Å². The molecule has 1 aliphatic rings. The summed E-state index contributed by atoms with van der Waals surface area (Å²) in [6.07, 6.45) is 3.05. The van der Waals surface area contributed by atoms with Gasteiger partial charge in [-0.2, -0.15) is 4.31 Å². The van der Waals surface area contributed by atoms with Gasteiger partial charge in [0.2, 0.25) is 10.0 Å². The first-order valence-electron chi connectivity index (χ1n) is 13.1. The van der Waals surface area contributed by atoms with Gasteiger partial charge in [-0.1, -0.05) is 55.5 Å². The topological polar surface area (TPSA) is 99.2 Å². The van der Waals surface area contributed by atoms with E-state index in [1.807, 2.05) is 42.5 Å². The Hall–Kier alpha value is -3.80. The molecule has 0 spiro atoms. The van der Waals surface area contributed by atoms with Crippen LogP contribution in [0.15, 0.2) is 71.6 Å². The molecule has 0 saturated heterocycles. The van der Waals surface area contributed by atoms with Crippen molar-refractivity contribution in [3.8, 4) is 5.75 Å². The lowest BCUT2D eigenvalue weighted by molar-refractivity contribution is 0.0830. The van der Waals surface area contributed by atoms with Crippen molar-refractivity contribution in [2.75, 3.05) is 32.1 Å². The number of anilines is 1. The molecule has 0 unspecified atom stereocenters. The first-order valence-corrected chi connectivity index (χ1v) is 14.6. The number of amides is 2. The van der Waals surface area contributed by atoms with Crippen LogP contribution in [0.2, 0.25) is 0 Å². The van der Waals surface area contributed by atoms with E-state index in [4.69, 9.17) is 4.74 Å². The minimum atomic E-state index is -4.03. The highest BCUT2D eigenvalue weighted by Crippen LogP contribution is 2.34. The number of hydrogen-bond acceptors (Lipinski definition) is 5. The average Bonchev–Trinajstić information content (AvgIpc) is 2.95. The molecule has 0 aromatic heterocycles. The normalized spacial score (nSPS) is 19.5. The minimum absolute atomic E-state index is 0.00878. The molecule has 3 atom stereocenters. The Bertz CT molecular complexity index is 1520. The van der Waals surface area contributed by atoms with Gasteiger partial charge in [-0.3, -0.25) is 0 Å². The van der Waals surface area contributed by atoms with Gasteiger partial charge in [0, 0.05) is 31.6 Å². The average molecular weight is 586 g/mol. The Kier molecular flexibility index (Phi) is 9.42. The van der Waals surface area contributed by atoms with E-state index in [9.17, 15) is 27.1 Å². The van der Waals surface area contributed by atoms with Gasteiger partial charge in [0.05, 0.1) is 18.8 Å². The van der Waals surface area contributed by atoms with E-state index in [2.05, 4.69) is 5.32 Å². The number of fused-ring (bicyclic) bond motifs is 1. The lowest BCUT2D eigenvalue weighted by Gasteiger charge is -2.37. The van der Waals surface area contributed by atoms with Crippen molar-refractivity contribution in [2.45, 2.75) is 30.9 Å². The van der Waals surface area contributed by atoms with E-state index in [1.54, 1.807) is 26.0 Å². The van der Waals surface area contributed by atoms with E-state index in [0.29, 0.717) is 5.56 Å². The molecule has 0 aliphatic carbocycles. The predicted molar refractivity (Wildman–Crippen MR) is 154 cm³/mol. The van der Waals surface area contributed by atoms with Crippen LogP contribution in [0.1, 0.15) is 25.0 Å². The molecule has 41 heavy (non-hydrogen) atoms. The molecular weight excluding hydrogens is 552 g/mol. The van der Waals surface area contributed by atoms with Gasteiger partial charge in [0.25, 0.3) is 0 Å². The maximum Gasteiger partial charge on any atom is 0.321 e. The van der Waals surface area contributed by atoms with Crippen LogP contribution in [0.4, 0.5) is 19.3 Å². The standard InChI is InChI=1S/C30H33F2N3O5S/c1-20-17-35(21(2)19-36)41(38,39)29-14-11-23(10-9-22-7-5-4-6-8-22)15-27(29)40-28(20)18-34(3)30(37)33-26-16-24(31)12-13-25(26)32/h4-16,20-21,28,36H,17-19H2,1-3H3,(H,33,37)/b10-9+/t20-,21+,28+/m0/s1. The Balaban J connectivity index is 1.65. The Morgan fingerprint density at radius 2 is 1.83 bits per heavy atom. The molecule has 1 aliphatic heterocycles. The number of carbonyl (C=O) groups excluding carboxylic acids is 1. The fourth-order valence-corrected chi connectivity index (χ4v) is 6.30. The quantitative estimate of drug-likeness (QED) is 0.378. The summed E-state index contributed by atoms with van der Waals surface area (Å²) in [5.41, 5.74) is 1.36. The van der Waals surface area contributed by atoms with Gasteiger partial charge < -0.3 is 20.1 Å². The van der Waals surface area contributed by atoms with E-state index >= 15 is 0 Å². The Labute approximate surface area is 238 Å². The van der Waals surface area contributed by atoms with Crippen molar-refractivity contribution in [3.63, 3.8) is 0 Å². The molecule has 0 bridgehead atoms. The second-order valence-electron chi connectivity index (χ2n) is 10.1. The summed E-state index contributed by atoms with van der Waals surface area (Å²) in [7, 11) is -2.56. The molecule has 1 heterocycles. The number of likely N-dealkylation sites (N-methyl/N-ethyl adjacent to an activating group) is 1. The largest absolute Gasteiger partial charge is 0.487 e. The predicted octanol–water partition coefficient (Wildman–Crippen LogP) is 5.07. The van der Waals surface area contributed by atoms with Gasteiger partial charge in [0.1, 0.15) is 28.4 Å². The Morgan fingerprint density at radius 3 is 2.54 bits per heavy atom. The number of aliphatic hydroxyl groups is 1. The van der Waals surface area contributed by atoms with Gasteiger partial charge in [-0.25, -0.2) is 22.0 Å². The van der Waals surface area contributed by atoms with Crippen LogP contribution < -0.4 is 10.1 Å². The number of sulfonamides is 1. The number of aliphatic hydroxyl groups excluding tert-OH is 1. The zero-order chi connectivity index (χ0) is 29.7. The molecule has 0 radical (unpaired) electrons. The lowest BCUT2D eigenvalue weighted by Crippen LogP contribution is -2.50. The molecule has 8 nitrogen and oxygen atoms in total. The number of urea groups is 1. The van der Waals surface area contributed by atoms with Crippen LogP contribution in [0.3, 0.4) is 0 Å². The SMILES string of the molecule is C[C@H](CO)N1C[C@H](C)[C@@H](CN(C)C(=O)Nc2cc(F)ccc2F)Oc2cc(/C=C/c3ccccc3)ccc2S1(=O)=O. The zero-order valence-electron chi connectivity index (χ0n) is 23.0. The fraction of sp³-hybridized carbons (Fsp3) is 0.300. The summed E-state index contributed by atoms with van der Waals surface area (Å²) in [4.78, 5) is 14.1. The molecule has 0 saturated carbocycles. The third-order valence-electron chi connectivity index (χ3n) is 6.93. The number of rotatable bonds is 7. The molecule has 0 fully saturated rings.